The Morgan fingerprint density at radius 1 is 1.33 bits per heavy atom. The third-order valence-electron chi connectivity index (χ3n) is 4.51. The molecule has 0 spiro atoms. The number of halogens is 1. The lowest BCUT2D eigenvalue weighted by molar-refractivity contribution is 0.0195. The smallest absolute Gasteiger partial charge is 0.194 e. The molecule has 2 aliphatic rings. The minimum absolute atomic E-state index is 0. The molecule has 0 saturated carbocycles. The Morgan fingerprint density at radius 2 is 2.17 bits per heavy atom. The molecule has 136 valence electrons. The molecule has 8 heteroatoms. The molecule has 0 aliphatic carbocycles. The van der Waals surface area contributed by atoms with Gasteiger partial charge in [-0.15, -0.1) is 24.0 Å². The zero-order valence-electron chi connectivity index (χ0n) is 14.4. The molecular formula is C16H29IN6O. The number of nitrogens with one attached hydrogen (secondary N) is 1. The molecule has 3 rings (SSSR count). The van der Waals surface area contributed by atoms with E-state index in [-0.39, 0.29) is 24.0 Å². The summed E-state index contributed by atoms with van der Waals surface area (Å²) in [5.41, 5.74) is 0. The standard InChI is InChI=1S/C16H28N6O.HI/c1-2-17-16(18-6-9-22-7-3-5-19-22)21-8-4-15(14-21)20-10-12-23-13-11-20;/h3,5,7,15H,2,4,6,8-14H2,1H3,(H,17,18);1H. The second-order valence-corrected chi connectivity index (χ2v) is 6.04. The zero-order chi connectivity index (χ0) is 15.9. The van der Waals surface area contributed by atoms with E-state index in [1.807, 2.05) is 23.1 Å². The van der Waals surface area contributed by atoms with E-state index in [9.17, 15) is 0 Å². The van der Waals surface area contributed by atoms with Crippen LogP contribution in [0, 0.1) is 0 Å². The first-order chi connectivity index (χ1) is 11.4. The van der Waals surface area contributed by atoms with Crippen molar-refractivity contribution in [2.75, 3.05) is 52.5 Å². The molecule has 1 aromatic heterocycles. The maximum absolute atomic E-state index is 5.46. The van der Waals surface area contributed by atoms with Gasteiger partial charge in [-0.05, 0) is 19.4 Å². The first kappa shape index (κ1) is 19.5. The Labute approximate surface area is 161 Å². The second kappa shape index (κ2) is 10.2. The van der Waals surface area contributed by atoms with Crippen LogP contribution < -0.4 is 5.32 Å². The van der Waals surface area contributed by atoms with Crippen molar-refractivity contribution in [1.29, 1.82) is 0 Å². The topological polar surface area (TPSA) is 57.9 Å². The minimum atomic E-state index is 0. The van der Waals surface area contributed by atoms with Crippen LogP contribution in [0.15, 0.2) is 23.5 Å². The molecular weight excluding hydrogens is 419 g/mol. The average molecular weight is 448 g/mol. The first-order valence-electron chi connectivity index (χ1n) is 8.69. The van der Waals surface area contributed by atoms with E-state index >= 15 is 0 Å². The van der Waals surface area contributed by atoms with Crippen LogP contribution in [0.25, 0.3) is 0 Å². The van der Waals surface area contributed by atoms with Crippen molar-refractivity contribution < 1.29 is 4.74 Å². The van der Waals surface area contributed by atoms with Gasteiger partial charge >= 0.3 is 0 Å². The van der Waals surface area contributed by atoms with Crippen molar-refractivity contribution >= 4 is 29.9 Å². The van der Waals surface area contributed by atoms with Gasteiger partial charge < -0.3 is 15.0 Å². The summed E-state index contributed by atoms with van der Waals surface area (Å²) in [5, 5.41) is 7.66. The molecule has 2 saturated heterocycles. The van der Waals surface area contributed by atoms with E-state index in [0.29, 0.717) is 6.04 Å². The lowest BCUT2D eigenvalue weighted by Crippen LogP contribution is -2.46. The van der Waals surface area contributed by atoms with Gasteiger partial charge in [0.25, 0.3) is 0 Å². The van der Waals surface area contributed by atoms with E-state index in [4.69, 9.17) is 9.73 Å². The normalized spacial score (nSPS) is 22.5. The molecule has 24 heavy (non-hydrogen) atoms. The van der Waals surface area contributed by atoms with Gasteiger partial charge in [0.15, 0.2) is 5.96 Å². The van der Waals surface area contributed by atoms with Crippen LogP contribution in [0.3, 0.4) is 0 Å². The van der Waals surface area contributed by atoms with Crippen LogP contribution in [-0.4, -0.2) is 84.1 Å². The van der Waals surface area contributed by atoms with Crippen molar-refractivity contribution in [3.05, 3.63) is 18.5 Å². The summed E-state index contributed by atoms with van der Waals surface area (Å²) in [4.78, 5) is 9.74. The predicted molar refractivity (Wildman–Crippen MR) is 106 cm³/mol. The van der Waals surface area contributed by atoms with Crippen LogP contribution >= 0.6 is 24.0 Å². The number of aromatic nitrogens is 2. The molecule has 0 bridgehead atoms. The Morgan fingerprint density at radius 3 is 2.88 bits per heavy atom. The second-order valence-electron chi connectivity index (χ2n) is 6.04. The fourth-order valence-electron chi connectivity index (χ4n) is 3.29. The van der Waals surface area contributed by atoms with Gasteiger partial charge in [0.05, 0.1) is 26.3 Å². The predicted octanol–water partition coefficient (Wildman–Crippen LogP) is 0.873. The number of rotatable bonds is 5. The number of likely N-dealkylation sites (tertiary alicyclic amines) is 1. The number of guanidine groups is 1. The number of nitrogens with zero attached hydrogens (tertiary/aromatic N) is 5. The monoisotopic (exact) mass is 448 g/mol. The van der Waals surface area contributed by atoms with Gasteiger partial charge in [-0.3, -0.25) is 14.6 Å². The molecule has 2 fully saturated rings. The zero-order valence-corrected chi connectivity index (χ0v) is 16.8. The van der Waals surface area contributed by atoms with Crippen molar-refractivity contribution in [2.24, 2.45) is 4.99 Å². The maximum atomic E-state index is 5.46. The average Bonchev–Trinajstić information content (AvgIpc) is 3.27. The fraction of sp³-hybridized carbons (Fsp3) is 0.750. The molecule has 1 N–H and O–H groups in total. The summed E-state index contributed by atoms with van der Waals surface area (Å²) in [6.45, 7) is 10.6. The number of aliphatic imine (C=N–C) groups is 1. The van der Waals surface area contributed by atoms with Gasteiger partial charge in [0.2, 0.25) is 0 Å². The van der Waals surface area contributed by atoms with E-state index in [0.717, 1.165) is 65.0 Å². The number of ether oxygens (including phenoxy) is 1. The molecule has 0 amide bonds. The lowest BCUT2D eigenvalue weighted by Gasteiger charge is -2.32. The van der Waals surface area contributed by atoms with E-state index in [1.54, 1.807) is 0 Å². The Hall–Kier alpha value is -0.870. The molecule has 2 aliphatic heterocycles. The summed E-state index contributed by atoms with van der Waals surface area (Å²) in [6.07, 6.45) is 5.00. The van der Waals surface area contributed by atoms with Crippen LogP contribution in [-0.2, 0) is 11.3 Å². The SMILES string of the molecule is CCNC(=NCCn1cccn1)N1CCC(N2CCOCC2)C1.I. The maximum Gasteiger partial charge on any atom is 0.194 e. The highest BCUT2D eigenvalue weighted by Gasteiger charge is 2.30. The van der Waals surface area contributed by atoms with Crippen LogP contribution in [0.1, 0.15) is 13.3 Å². The summed E-state index contributed by atoms with van der Waals surface area (Å²) in [5.74, 6) is 1.04. The molecule has 0 aromatic carbocycles. The van der Waals surface area contributed by atoms with Crippen LogP contribution in [0.5, 0.6) is 0 Å². The van der Waals surface area contributed by atoms with Crippen molar-refractivity contribution in [1.82, 2.24) is 24.9 Å². The third kappa shape index (κ3) is 5.32. The number of morpholine rings is 1. The van der Waals surface area contributed by atoms with Gasteiger partial charge in [0, 0.05) is 51.2 Å². The summed E-state index contributed by atoms with van der Waals surface area (Å²) in [7, 11) is 0. The van der Waals surface area contributed by atoms with Crippen LogP contribution in [0.2, 0.25) is 0 Å². The minimum Gasteiger partial charge on any atom is -0.379 e. The molecule has 0 radical (unpaired) electrons. The molecule has 1 unspecified atom stereocenters. The Kier molecular flexibility index (Phi) is 8.26. The van der Waals surface area contributed by atoms with Gasteiger partial charge in [-0.25, -0.2) is 0 Å². The van der Waals surface area contributed by atoms with Crippen molar-refractivity contribution in [2.45, 2.75) is 25.9 Å². The van der Waals surface area contributed by atoms with Gasteiger partial charge in [-0.2, -0.15) is 5.10 Å². The highest BCUT2D eigenvalue weighted by molar-refractivity contribution is 14.0. The van der Waals surface area contributed by atoms with Gasteiger partial charge in [0.1, 0.15) is 0 Å². The van der Waals surface area contributed by atoms with E-state index < -0.39 is 0 Å². The summed E-state index contributed by atoms with van der Waals surface area (Å²) in [6, 6.07) is 2.58. The quantitative estimate of drug-likeness (QED) is 0.412. The third-order valence-corrected chi connectivity index (χ3v) is 4.51. The number of hydrogen-bond acceptors (Lipinski definition) is 4. The largest absolute Gasteiger partial charge is 0.379 e. The molecule has 7 nitrogen and oxygen atoms in total. The Balaban J connectivity index is 0.00000208. The number of hydrogen-bond donors (Lipinski definition) is 1. The summed E-state index contributed by atoms with van der Waals surface area (Å²) >= 11 is 0. The highest BCUT2D eigenvalue weighted by atomic mass is 127. The lowest BCUT2D eigenvalue weighted by atomic mass is 10.2. The van der Waals surface area contributed by atoms with E-state index in [1.165, 1.54) is 6.42 Å². The fourth-order valence-corrected chi connectivity index (χ4v) is 3.29. The Bertz CT molecular complexity index is 489. The molecule has 1 atom stereocenters. The highest BCUT2D eigenvalue weighted by Crippen LogP contribution is 2.17. The molecule has 1 aromatic rings. The molecule has 3 heterocycles. The first-order valence-corrected chi connectivity index (χ1v) is 8.69. The van der Waals surface area contributed by atoms with Crippen molar-refractivity contribution in [3.8, 4) is 0 Å². The van der Waals surface area contributed by atoms with Crippen molar-refractivity contribution in [3.63, 3.8) is 0 Å². The summed E-state index contributed by atoms with van der Waals surface area (Å²) < 4.78 is 7.39. The van der Waals surface area contributed by atoms with Gasteiger partial charge in [-0.1, -0.05) is 0 Å². The van der Waals surface area contributed by atoms with Crippen LogP contribution in [0.4, 0.5) is 0 Å². The van der Waals surface area contributed by atoms with E-state index in [2.05, 4.69) is 27.1 Å².